The highest BCUT2D eigenvalue weighted by atomic mass is 16.5. The van der Waals surface area contributed by atoms with Gasteiger partial charge in [0.2, 0.25) is 0 Å². The summed E-state index contributed by atoms with van der Waals surface area (Å²) in [7, 11) is 1.51. The molecule has 15 heavy (non-hydrogen) atoms. The molecule has 74 valence electrons. The van der Waals surface area contributed by atoms with Crippen LogP contribution in [0.2, 0.25) is 0 Å². The van der Waals surface area contributed by atoms with Crippen LogP contribution >= 0.6 is 0 Å². The first-order valence-electron chi connectivity index (χ1n) is 4.46. The molecular weight excluding hydrogens is 190 g/mol. The zero-order chi connectivity index (χ0) is 10.8. The molecule has 0 spiro atoms. The molecule has 0 heterocycles. The number of methoxy groups -OCH3 is 1. The highest BCUT2D eigenvalue weighted by Crippen LogP contribution is 2.34. The molecule has 0 aliphatic heterocycles. The van der Waals surface area contributed by atoms with Gasteiger partial charge in [0, 0.05) is 5.39 Å². The summed E-state index contributed by atoms with van der Waals surface area (Å²) in [4.78, 5) is 0. The number of benzene rings is 2. The summed E-state index contributed by atoms with van der Waals surface area (Å²) in [5, 5.41) is 20.0. The van der Waals surface area contributed by atoms with Crippen LogP contribution in [0.4, 0.5) is 0 Å². The van der Waals surface area contributed by atoms with Crippen LogP contribution in [0, 0.1) is 11.3 Å². The fraction of sp³-hybridized carbons (Fsp3) is 0.0833. The molecule has 2 aromatic carbocycles. The van der Waals surface area contributed by atoms with Gasteiger partial charge in [0.15, 0.2) is 11.5 Å². The maximum atomic E-state index is 9.55. The molecule has 0 saturated carbocycles. The smallest absolute Gasteiger partial charge is 0.168 e. The maximum absolute atomic E-state index is 9.55. The molecule has 0 aromatic heterocycles. The van der Waals surface area contributed by atoms with Crippen molar-refractivity contribution in [2.75, 3.05) is 7.11 Å². The van der Waals surface area contributed by atoms with Crippen LogP contribution in [-0.4, -0.2) is 12.2 Å². The molecule has 2 rings (SSSR count). The van der Waals surface area contributed by atoms with Crippen molar-refractivity contribution in [1.29, 1.82) is 5.26 Å². The Balaban J connectivity index is 2.79. The van der Waals surface area contributed by atoms with Gasteiger partial charge in [-0.05, 0) is 29.7 Å². The molecule has 0 aliphatic carbocycles. The Morgan fingerprint density at radius 2 is 2.07 bits per heavy atom. The SMILES string of the molecule is COc1c(O)ccc2cc(C#N)ccc12. The van der Waals surface area contributed by atoms with Crippen molar-refractivity contribution in [2.45, 2.75) is 0 Å². The first-order chi connectivity index (χ1) is 7.26. The average Bonchev–Trinajstić information content (AvgIpc) is 2.28. The molecule has 3 nitrogen and oxygen atoms in total. The summed E-state index contributed by atoms with van der Waals surface area (Å²) in [6.07, 6.45) is 0. The minimum atomic E-state index is 0.106. The maximum Gasteiger partial charge on any atom is 0.168 e. The quantitative estimate of drug-likeness (QED) is 0.767. The van der Waals surface area contributed by atoms with Gasteiger partial charge in [-0.1, -0.05) is 6.07 Å². The van der Waals surface area contributed by atoms with Gasteiger partial charge in [0.05, 0.1) is 18.7 Å². The lowest BCUT2D eigenvalue weighted by atomic mass is 10.1. The summed E-state index contributed by atoms with van der Waals surface area (Å²) in [6, 6.07) is 10.6. The van der Waals surface area contributed by atoms with E-state index < -0.39 is 0 Å². The lowest BCUT2D eigenvalue weighted by Gasteiger charge is -2.07. The highest BCUT2D eigenvalue weighted by molar-refractivity contribution is 5.91. The highest BCUT2D eigenvalue weighted by Gasteiger charge is 2.06. The molecule has 0 aliphatic rings. The molecule has 2 aromatic rings. The third-order valence-electron chi connectivity index (χ3n) is 2.28. The van der Waals surface area contributed by atoms with Crippen molar-refractivity contribution in [3.05, 3.63) is 35.9 Å². The number of ether oxygens (including phenoxy) is 1. The zero-order valence-corrected chi connectivity index (χ0v) is 8.19. The normalized spacial score (nSPS) is 9.87. The van der Waals surface area contributed by atoms with E-state index in [9.17, 15) is 5.11 Å². The Labute approximate surface area is 87.1 Å². The Kier molecular flexibility index (Phi) is 2.18. The van der Waals surface area contributed by atoms with Crippen molar-refractivity contribution >= 4 is 10.8 Å². The van der Waals surface area contributed by atoms with Gasteiger partial charge < -0.3 is 9.84 Å². The predicted octanol–water partition coefficient (Wildman–Crippen LogP) is 2.43. The Morgan fingerprint density at radius 3 is 2.73 bits per heavy atom. The van der Waals surface area contributed by atoms with Crippen molar-refractivity contribution in [3.8, 4) is 17.6 Å². The Bertz CT molecular complexity index is 555. The van der Waals surface area contributed by atoms with Crippen LogP contribution in [0.25, 0.3) is 10.8 Å². The molecular formula is C12H9NO2. The van der Waals surface area contributed by atoms with Gasteiger partial charge in [0.25, 0.3) is 0 Å². The minimum absolute atomic E-state index is 0.106. The molecule has 1 N–H and O–H groups in total. The van der Waals surface area contributed by atoms with E-state index in [2.05, 4.69) is 6.07 Å². The van der Waals surface area contributed by atoms with Crippen molar-refractivity contribution in [1.82, 2.24) is 0 Å². The molecule has 0 radical (unpaired) electrons. The summed E-state index contributed by atoms with van der Waals surface area (Å²) >= 11 is 0. The standard InChI is InChI=1S/C12H9NO2/c1-15-12-10-4-2-8(7-13)6-9(10)3-5-11(12)14/h2-6,14H,1H3. The molecule has 0 fully saturated rings. The summed E-state index contributed by atoms with van der Waals surface area (Å²) in [6.45, 7) is 0. The van der Waals surface area contributed by atoms with Gasteiger partial charge in [-0.25, -0.2) is 0 Å². The van der Waals surface area contributed by atoms with Crippen LogP contribution in [-0.2, 0) is 0 Å². The lowest BCUT2D eigenvalue weighted by molar-refractivity contribution is 0.378. The molecule has 0 atom stereocenters. The predicted molar refractivity (Wildman–Crippen MR) is 56.9 cm³/mol. The van der Waals surface area contributed by atoms with Crippen LogP contribution in [0.5, 0.6) is 11.5 Å². The number of hydrogen-bond acceptors (Lipinski definition) is 3. The second-order valence-corrected chi connectivity index (χ2v) is 3.17. The fourth-order valence-corrected chi connectivity index (χ4v) is 1.57. The number of hydrogen-bond donors (Lipinski definition) is 1. The van der Waals surface area contributed by atoms with Crippen LogP contribution in [0.3, 0.4) is 0 Å². The van der Waals surface area contributed by atoms with E-state index in [1.54, 1.807) is 30.3 Å². The third kappa shape index (κ3) is 1.46. The van der Waals surface area contributed by atoms with Gasteiger partial charge in [0.1, 0.15) is 0 Å². The Hall–Kier alpha value is -2.21. The largest absolute Gasteiger partial charge is 0.504 e. The van der Waals surface area contributed by atoms with E-state index >= 15 is 0 Å². The molecule has 3 heteroatoms. The van der Waals surface area contributed by atoms with Crippen molar-refractivity contribution < 1.29 is 9.84 Å². The monoisotopic (exact) mass is 199 g/mol. The van der Waals surface area contributed by atoms with Gasteiger partial charge in [-0.3, -0.25) is 0 Å². The van der Waals surface area contributed by atoms with Crippen LogP contribution < -0.4 is 4.74 Å². The number of nitrogens with zero attached hydrogens (tertiary/aromatic N) is 1. The summed E-state index contributed by atoms with van der Waals surface area (Å²) in [5.41, 5.74) is 0.593. The van der Waals surface area contributed by atoms with E-state index in [0.29, 0.717) is 11.3 Å². The van der Waals surface area contributed by atoms with E-state index in [0.717, 1.165) is 10.8 Å². The van der Waals surface area contributed by atoms with Crippen LogP contribution in [0.15, 0.2) is 30.3 Å². The molecule has 0 saturated heterocycles. The zero-order valence-electron chi connectivity index (χ0n) is 8.19. The van der Waals surface area contributed by atoms with Gasteiger partial charge in [-0.15, -0.1) is 0 Å². The number of rotatable bonds is 1. The van der Waals surface area contributed by atoms with E-state index in [4.69, 9.17) is 10.00 Å². The first-order valence-corrected chi connectivity index (χ1v) is 4.46. The van der Waals surface area contributed by atoms with Gasteiger partial charge in [-0.2, -0.15) is 5.26 Å². The van der Waals surface area contributed by atoms with E-state index in [1.165, 1.54) is 7.11 Å². The summed E-state index contributed by atoms with van der Waals surface area (Å²) in [5.74, 6) is 0.548. The minimum Gasteiger partial charge on any atom is -0.504 e. The first kappa shape index (κ1) is 9.35. The fourth-order valence-electron chi connectivity index (χ4n) is 1.57. The lowest BCUT2D eigenvalue weighted by Crippen LogP contribution is -1.86. The van der Waals surface area contributed by atoms with Crippen LogP contribution in [0.1, 0.15) is 5.56 Å². The second kappa shape index (κ2) is 3.50. The van der Waals surface area contributed by atoms with E-state index in [1.807, 2.05) is 0 Å². The molecule has 0 bridgehead atoms. The number of phenolic OH excluding ortho intramolecular Hbond substituents is 1. The number of nitriles is 1. The Morgan fingerprint density at radius 1 is 1.27 bits per heavy atom. The third-order valence-corrected chi connectivity index (χ3v) is 2.28. The number of phenols is 1. The van der Waals surface area contributed by atoms with Crippen molar-refractivity contribution in [3.63, 3.8) is 0 Å². The second-order valence-electron chi connectivity index (χ2n) is 3.17. The number of fused-ring (bicyclic) bond motifs is 1. The average molecular weight is 199 g/mol. The molecule has 0 unspecified atom stereocenters. The number of aromatic hydroxyl groups is 1. The van der Waals surface area contributed by atoms with Crippen molar-refractivity contribution in [2.24, 2.45) is 0 Å². The summed E-state index contributed by atoms with van der Waals surface area (Å²) < 4.78 is 5.10. The van der Waals surface area contributed by atoms with Gasteiger partial charge >= 0.3 is 0 Å². The van der Waals surface area contributed by atoms with E-state index in [-0.39, 0.29) is 5.75 Å². The topological polar surface area (TPSA) is 53.2 Å². The molecule has 0 amide bonds.